The molecule has 0 fully saturated rings. The first-order valence-corrected chi connectivity index (χ1v) is 6.58. The number of nitrogens with zero attached hydrogens (tertiary/aromatic N) is 1. The molecule has 0 bridgehead atoms. The Labute approximate surface area is 114 Å². The molecule has 0 saturated carbocycles. The van der Waals surface area contributed by atoms with Crippen molar-refractivity contribution < 1.29 is 4.74 Å². The van der Waals surface area contributed by atoms with Crippen LogP contribution in [0.5, 0.6) is 5.75 Å². The van der Waals surface area contributed by atoms with E-state index in [1.807, 2.05) is 26.1 Å². The van der Waals surface area contributed by atoms with E-state index in [1.165, 1.54) is 11.1 Å². The van der Waals surface area contributed by atoms with Gasteiger partial charge in [-0.05, 0) is 50.1 Å². The summed E-state index contributed by atoms with van der Waals surface area (Å²) in [5.74, 6) is 0.898. The first-order valence-electron chi connectivity index (χ1n) is 6.58. The number of rotatable bonds is 5. The Morgan fingerprint density at radius 2 is 1.89 bits per heavy atom. The molecule has 19 heavy (non-hydrogen) atoms. The maximum Gasteiger partial charge on any atom is 0.142 e. The molecule has 1 N–H and O–H groups in total. The van der Waals surface area contributed by atoms with E-state index in [-0.39, 0.29) is 0 Å². The molecule has 0 amide bonds. The number of anilines is 1. The topological polar surface area (TPSA) is 34.1 Å². The Hall–Kier alpha value is -2.03. The van der Waals surface area contributed by atoms with Crippen molar-refractivity contribution in [1.29, 1.82) is 0 Å². The van der Waals surface area contributed by atoms with Gasteiger partial charge in [0.1, 0.15) is 5.75 Å². The molecule has 0 aliphatic carbocycles. The molecule has 0 unspecified atom stereocenters. The summed E-state index contributed by atoms with van der Waals surface area (Å²) in [6.07, 6.45) is 1.88. The molecule has 0 aliphatic heterocycles. The molecule has 2 aromatic rings. The van der Waals surface area contributed by atoms with Crippen LogP contribution in [-0.2, 0) is 6.54 Å². The van der Waals surface area contributed by atoms with Crippen LogP contribution in [-0.4, -0.2) is 11.6 Å². The Bertz CT molecular complexity index is 535. The molecule has 1 heterocycles. The highest BCUT2D eigenvalue weighted by atomic mass is 16.5. The predicted octanol–water partition coefficient (Wildman–Crippen LogP) is 3.71. The molecule has 1 aromatic heterocycles. The fourth-order valence-electron chi connectivity index (χ4n) is 1.84. The molecule has 0 saturated heterocycles. The van der Waals surface area contributed by atoms with Crippen LogP contribution in [0.1, 0.15) is 23.7 Å². The minimum absolute atomic E-state index is 0.668. The average molecular weight is 256 g/mol. The lowest BCUT2D eigenvalue weighted by molar-refractivity contribution is 0.341. The van der Waals surface area contributed by atoms with Gasteiger partial charge in [0.25, 0.3) is 0 Å². The minimum atomic E-state index is 0.668. The molecule has 100 valence electrons. The number of hydrogen-bond acceptors (Lipinski definition) is 3. The standard InChI is InChI=1S/C16H20N2O/c1-4-19-16-9-12(2)6-8-15(16)18-11-14-7-5-13(3)10-17-14/h5-10,18H,4,11H2,1-3H3. The van der Waals surface area contributed by atoms with Crippen molar-refractivity contribution in [2.75, 3.05) is 11.9 Å². The zero-order valence-corrected chi connectivity index (χ0v) is 11.7. The molecule has 3 nitrogen and oxygen atoms in total. The Kier molecular flexibility index (Phi) is 4.39. The van der Waals surface area contributed by atoms with Crippen molar-refractivity contribution in [2.45, 2.75) is 27.3 Å². The van der Waals surface area contributed by atoms with Crippen LogP contribution < -0.4 is 10.1 Å². The lowest BCUT2D eigenvalue weighted by Crippen LogP contribution is -2.04. The first kappa shape index (κ1) is 13.4. The van der Waals surface area contributed by atoms with Crippen LogP contribution in [0.4, 0.5) is 5.69 Å². The fraction of sp³-hybridized carbons (Fsp3) is 0.312. The van der Waals surface area contributed by atoms with Gasteiger partial charge in [-0.15, -0.1) is 0 Å². The monoisotopic (exact) mass is 256 g/mol. The number of hydrogen-bond donors (Lipinski definition) is 1. The van der Waals surface area contributed by atoms with Crippen LogP contribution in [0.25, 0.3) is 0 Å². The summed E-state index contributed by atoms with van der Waals surface area (Å²) in [5, 5.41) is 3.37. The quantitative estimate of drug-likeness (QED) is 0.885. The number of aromatic nitrogens is 1. The van der Waals surface area contributed by atoms with Gasteiger partial charge in [-0.2, -0.15) is 0 Å². The van der Waals surface area contributed by atoms with Crippen LogP contribution in [0.3, 0.4) is 0 Å². The minimum Gasteiger partial charge on any atom is -0.492 e. The summed E-state index contributed by atoms with van der Waals surface area (Å²) >= 11 is 0. The normalized spacial score (nSPS) is 10.3. The molecule has 2 rings (SSSR count). The lowest BCUT2D eigenvalue weighted by Gasteiger charge is -2.13. The molecule has 0 spiro atoms. The first-order chi connectivity index (χ1) is 9.19. The number of aryl methyl sites for hydroxylation is 2. The highest BCUT2D eigenvalue weighted by molar-refractivity contribution is 5.57. The van der Waals surface area contributed by atoms with Crippen molar-refractivity contribution in [3.63, 3.8) is 0 Å². The lowest BCUT2D eigenvalue weighted by atomic mass is 10.2. The van der Waals surface area contributed by atoms with Gasteiger partial charge in [-0.3, -0.25) is 4.98 Å². The molecule has 1 aromatic carbocycles. The maximum atomic E-state index is 5.64. The Morgan fingerprint density at radius 1 is 1.11 bits per heavy atom. The zero-order valence-electron chi connectivity index (χ0n) is 11.7. The molecule has 0 atom stereocenters. The van der Waals surface area contributed by atoms with Crippen molar-refractivity contribution in [1.82, 2.24) is 4.98 Å². The van der Waals surface area contributed by atoms with E-state index in [0.29, 0.717) is 13.2 Å². The summed E-state index contributed by atoms with van der Waals surface area (Å²) in [7, 11) is 0. The predicted molar refractivity (Wildman–Crippen MR) is 78.6 cm³/mol. The molecule has 3 heteroatoms. The number of nitrogens with one attached hydrogen (secondary N) is 1. The third-order valence-electron chi connectivity index (χ3n) is 2.87. The largest absolute Gasteiger partial charge is 0.492 e. The van der Waals surface area contributed by atoms with Gasteiger partial charge in [0, 0.05) is 6.20 Å². The second-order valence-corrected chi connectivity index (χ2v) is 4.61. The number of benzene rings is 1. The van der Waals surface area contributed by atoms with Crippen molar-refractivity contribution in [2.24, 2.45) is 0 Å². The van der Waals surface area contributed by atoms with Crippen molar-refractivity contribution in [3.05, 3.63) is 53.3 Å². The zero-order chi connectivity index (χ0) is 13.7. The second kappa shape index (κ2) is 6.23. The molecular formula is C16H20N2O. The summed E-state index contributed by atoms with van der Waals surface area (Å²) in [5.41, 5.74) is 4.40. The summed E-state index contributed by atoms with van der Waals surface area (Å²) in [6.45, 7) is 7.46. The van der Waals surface area contributed by atoms with E-state index in [4.69, 9.17) is 4.74 Å². The van der Waals surface area contributed by atoms with Gasteiger partial charge in [0.15, 0.2) is 0 Å². The fourth-order valence-corrected chi connectivity index (χ4v) is 1.84. The van der Waals surface area contributed by atoms with E-state index in [2.05, 4.69) is 41.5 Å². The van der Waals surface area contributed by atoms with Gasteiger partial charge < -0.3 is 10.1 Å². The Balaban J connectivity index is 2.08. The maximum absolute atomic E-state index is 5.64. The van der Waals surface area contributed by atoms with Gasteiger partial charge in [0.05, 0.1) is 24.5 Å². The third kappa shape index (κ3) is 3.71. The highest BCUT2D eigenvalue weighted by Gasteiger charge is 2.03. The third-order valence-corrected chi connectivity index (χ3v) is 2.87. The smallest absolute Gasteiger partial charge is 0.142 e. The van der Waals surface area contributed by atoms with E-state index in [0.717, 1.165) is 17.1 Å². The van der Waals surface area contributed by atoms with Gasteiger partial charge in [0.2, 0.25) is 0 Å². The number of ether oxygens (including phenoxy) is 1. The summed E-state index contributed by atoms with van der Waals surface area (Å²) in [4.78, 5) is 4.38. The van der Waals surface area contributed by atoms with Crippen molar-refractivity contribution in [3.8, 4) is 5.75 Å². The molecule has 0 aliphatic rings. The second-order valence-electron chi connectivity index (χ2n) is 4.61. The van der Waals surface area contributed by atoms with E-state index < -0.39 is 0 Å². The van der Waals surface area contributed by atoms with Gasteiger partial charge in [-0.25, -0.2) is 0 Å². The SMILES string of the molecule is CCOc1cc(C)ccc1NCc1ccc(C)cn1. The van der Waals surface area contributed by atoms with E-state index in [9.17, 15) is 0 Å². The summed E-state index contributed by atoms with van der Waals surface area (Å²) < 4.78 is 5.64. The van der Waals surface area contributed by atoms with Gasteiger partial charge >= 0.3 is 0 Å². The molecule has 0 radical (unpaired) electrons. The van der Waals surface area contributed by atoms with E-state index >= 15 is 0 Å². The van der Waals surface area contributed by atoms with Crippen LogP contribution in [0.15, 0.2) is 36.5 Å². The van der Waals surface area contributed by atoms with Crippen LogP contribution >= 0.6 is 0 Å². The highest BCUT2D eigenvalue weighted by Crippen LogP contribution is 2.26. The van der Waals surface area contributed by atoms with Crippen LogP contribution in [0, 0.1) is 13.8 Å². The van der Waals surface area contributed by atoms with Gasteiger partial charge in [-0.1, -0.05) is 12.1 Å². The summed E-state index contributed by atoms with van der Waals surface area (Å²) in [6, 6.07) is 10.3. The van der Waals surface area contributed by atoms with Crippen molar-refractivity contribution >= 4 is 5.69 Å². The number of pyridine rings is 1. The molecular weight excluding hydrogens is 236 g/mol. The Morgan fingerprint density at radius 3 is 2.58 bits per heavy atom. The van der Waals surface area contributed by atoms with E-state index in [1.54, 1.807) is 0 Å². The van der Waals surface area contributed by atoms with Crippen LogP contribution in [0.2, 0.25) is 0 Å². The average Bonchev–Trinajstić information content (AvgIpc) is 2.40.